The van der Waals surface area contributed by atoms with E-state index in [1.54, 1.807) is 6.92 Å². The van der Waals surface area contributed by atoms with Crippen LogP contribution in [0.1, 0.15) is 35.9 Å². The number of carbonyl (C=O) groups is 1. The molecule has 7 nitrogen and oxygen atoms in total. The minimum atomic E-state index is -3.47. The molecule has 1 fully saturated rings. The van der Waals surface area contributed by atoms with E-state index < -0.39 is 15.8 Å². The Balaban J connectivity index is 0.000000180. The summed E-state index contributed by atoms with van der Waals surface area (Å²) in [6.07, 6.45) is 2.84. The van der Waals surface area contributed by atoms with Gasteiger partial charge in [0, 0.05) is 12.0 Å². The second-order valence-electron chi connectivity index (χ2n) is 7.04. The van der Waals surface area contributed by atoms with Gasteiger partial charge < -0.3 is 5.32 Å². The summed E-state index contributed by atoms with van der Waals surface area (Å²) in [6, 6.07) is 14.1. The van der Waals surface area contributed by atoms with Crippen molar-refractivity contribution in [3.63, 3.8) is 0 Å². The number of rotatable bonds is 7. The van der Waals surface area contributed by atoms with Gasteiger partial charge in [-0.3, -0.25) is 4.79 Å². The molecule has 2 N–H and O–H groups in total. The quantitative estimate of drug-likeness (QED) is 0.522. The van der Waals surface area contributed by atoms with Gasteiger partial charge in [0.1, 0.15) is 10.8 Å². The fourth-order valence-electron chi connectivity index (χ4n) is 3.09. The highest BCUT2D eigenvalue weighted by Gasteiger charge is 2.48. The average molecular weight is 463 g/mol. The standard InChI is InChI=1S/C12H11N3OS.C9H12FNO2S/c16-8-13-11-15-14-10(17-11)12(6-7-12)9-4-2-1-3-5-9;1-3-11-14(12,13)8-4-5-9(10)7(2)6-8/h1-5,8H,6-7H2,(H,13,15,16);4-6,11H,3H2,1-2H3. The number of nitrogens with one attached hydrogen (secondary N) is 2. The van der Waals surface area contributed by atoms with Crippen LogP contribution in [0, 0.1) is 12.7 Å². The second kappa shape index (κ2) is 9.63. The summed E-state index contributed by atoms with van der Waals surface area (Å²) >= 11 is 1.46. The zero-order chi connectivity index (χ0) is 22.5. The molecule has 0 unspecified atom stereocenters. The molecule has 1 amide bonds. The smallest absolute Gasteiger partial charge is 0.240 e. The topological polar surface area (TPSA) is 101 Å². The van der Waals surface area contributed by atoms with Crippen LogP contribution in [0.4, 0.5) is 9.52 Å². The van der Waals surface area contributed by atoms with Gasteiger partial charge in [0.15, 0.2) is 0 Å². The monoisotopic (exact) mass is 462 g/mol. The van der Waals surface area contributed by atoms with E-state index in [9.17, 15) is 17.6 Å². The maximum atomic E-state index is 12.9. The first-order chi connectivity index (χ1) is 14.8. The maximum Gasteiger partial charge on any atom is 0.240 e. The number of nitrogens with zero attached hydrogens (tertiary/aromatic N) is 2. The molecule has 0 aliphatic heterocycles. The summed E-state index contributed by atoms with van der Waals surface area (Å²) in [5, 5.41) is 12.3. The number of aryl methyl sites for hydroxylation is 1. The van der Waals surface area contributed by atoms with Crippen LogP contribution in [-0.2, 0) is 20.2 Å². The molecule has 0 saturated heterocycles. The number of amides is 1. The summed E-state index contributed by atoms with van der Waals surface area (Å²) in [5.41, 5.74) is 1.65. The molecule has 0 radical (unpaired) electrons. The Morgan fingerprint density at radius 2 is 1.87 bits per heavy atom. The molecule has 3 aromatic rings. The third-order valence-corrected chi connectivity index (χ3v) is 7.47. The van der Waals surface area contributed by atoms with Crippen molar-refractivity contribution in [3.8, 4) is 0 Å². The van der Waals surface area contributed by atoms with E-state index in [1.165, 1.54) is 36.0 Å². The molecule has 1 heterocycles. The zero-order valence-electron chi connectivity index (χ0n) is 17.1. The Kier molecular flexibility index (Phi) is 7.14. The van der Waals surface area contributed by atoms with Crippen LogP contribution >= 0.6 is 11.3 Å². The lowest BCUT2D eigenvalue weighted by atomic mass is 9.97. The second-order valence-corrected chi connectivity index (χ2v) is 9.78. The first-order valence-electron chi connectivity index (χ1n) is 9.68. The molecule has 164 valence electrons. The van der Waals surface area contributed by atoms with Crippen LogP contribution in [0.15, 0.2) is 53.4 Å². The zero-order valence-corrected chi connectivity index (χ0v) is 18.8. The molecular weight excluding hydrogens is 439 g/mol. The van der Waals surface area contributed by atoms with Gasteiger partial charge in [-0.25, -0.2) is 17.5 Å². The van der Waals surface area contributed by atoms with Crippen molar-refractivity contribution in [2.75, 3.05) is 11.9 Å². The summed E-state index contributed by atoms with van der Waals surface area (Å²) in [5.74, 6) is -0.402. The van der Waals surface area contributed by atoms with Gasteiger partial charge in [0.25, 0.3) is 0 Å². The normalized spacial score (nSPS) is 14.3. The number of hydrogen-bond acceptors (Lipinski definition) is 6. The summed E-state index contributed by atoms with van der Waals surface area (Å²) in [4.78, 5) is 10.4. The van der Waals surface area contributed by atoms with Gasteiger partial charge >= 0.3 is 0 Å². The molecule has 1 saturated carbocycles. The summed E-state index contributed by atoms with van der Waals surface area (Å²) < 4.78 is 38.1. The Labute approximate surface area is 184 Å². The van der Waals surface area contributed by atoms with Gasteiger partial charge in [-0.1, -0.05) is 48.6 Å². The minimum Gasteiger partial charge on any atom is -0.303 e. The van der Waals surface area contributed by atoms with Crippen molar-refractivity contribution >= 4 is 32.9 Å². The fraction of sp³-hybridized carbons (Fsp3) is 0.286. The SMILES string of the molecule is CCNS(=O)(=O)c1ccc(F)c(C)c1.O=CNc1nnc(C2(c3ccccc3)CC2)s1. The highest BCUT2D eigenvalue weighted by molar-refractivity contribution is 7.89. The van der Waals surface area contributed by atoms with Crippen molar-refractivity contribution in [1.29, 1.82) is 0 Å². The van der Waals surface area contributed by atoms with Crippen LogP contribution in [0.5, 0.6) is 0 Å². The maximum absolute atomic E-state index is 12.9. The fourth-order valence-corrected chi connectivity index (χ4v) is 5.19. The number of benzene rings is 2. The number of carbonyl (C=O) groups excluding carboxylic acids is 1. The lowest BCUT2D eigenvalue weighted by molar-refractivity contribution is -0.105. The van der Waals surface area contributed by atoms with E-state index in [4.69, 9.17) is 0 Å². The van der Waals surface area contributed by atoms with Gasteiger partial charge in [0.2, 0.25) is 21.6 Å². The molecule has 31 heavy (non-hydrogen) atoms. The Morgan fingerprint density at radius 1 is 1.16 bits per heavy atom. The predicted octanol–water partition coefficient (Wildman–Crippen LogP) is 3.62. The van der Waals surface area contributed by atoms with Crippen LogP contribution in [0.25, 0.3) is 0 Å². The average Bonchev–Trinajstić information content (AvgIpc) is 3.44. The minimum absolute atomic E-state index is 0.0434. The van der Waals surface area contributed by atoms with Crippen LogP contribution in [0.2, 0.25) is 0 Å². The van der Waals surface area contributed by atoms with E-state index >= 15 is 0 Å². The first kappa shape index (κ1) is 23.0. The molecule has 0 atom stereocenters. The highest BCUT2D eigenvalue weighted by atomic mass is 32.2. The molecule has 1 aromatic heterocycles. The number of sulfonamides is 1. The summed E-state index contributed by atoms with van der Waals surface area (Å²) in [6.45, 7) is 3.53. The van der Waals surface area contributed by atoms with Crippen molar-refractivity contribution in [2.45, 2.75) is 37.0 Å². The molecule has 10 heteroatoms. The molecule has 1 aliphatic carbocycles. The van der Waals surface area contributed by atoms with Crippen molar-refractivity contribution in [3.05, 3.63) is 70.5 Å². The van der Waals surface area contributed by atoms with Crippen LogP contribution in [0.3, 0.4) is 0 Å². The van der Waals surface area contributed by atoms with E-state index in [2.05, 4.69) is 32.4 Å². The molecular formula is C21H23FN4O3S2. The Morgan fingerprint density at radius 3 is 2.45 bits per heavy atom. The summed E-state index contributed by atoms with van der Waals surface area (Å²) in [7, 11) is -3.47. The number of anilines is 1. The largest absolute Gasteiger partial charge is 0.303 e. The lowest BCUT2D eigenvalue weighted by Gasteiger charge is -2.10. The molecule has 1 aliphatic rings. The van der Waals surface area contributed by atoms with E-state index in [-0.39, 0.29) is 10.3 Å². The van der Waals surface area contributed by atoms with Crippen LogP contribution < -0.4 is 10.0 Å². The number of hydrogen-bond donors (Lipinski definition) is 2. The molecule has 4 rings (SSSR count). The van der Waals surface area contributed by atoms with E-state index in [0.29, 0.717) is 23.6 Å². The van der Waals surface area contributed by atoms with Crippen molar-refractivity contribution < 1.29 is 17.6 Å². The first-order valence-corrected chi connectivity index (χ1v) is 12.0. The van der Waals surface area contributed by atoms with Gasteiger partial charge in [-0.05, 0) is 49.1 Å². The highest BCUT2D eigenvalue weighted by Crippen LogP contribution is 2.54. The van der Waals surface area contributed by atoms with Crippen molar-refractivity contribution in [2.24, 2.45) is 0 Å². The Bertz CT molecular complexity index is 1150. The molecule has 0 bridgehead atoms. The van der Waals surface area contributed by atoms with E-state index in [1.807, 2.05) is 18.2 Å². The molecule has 2 aromatic carbocycles. The van der Waals surface area contributed by atoms with Crippen LogP contribution in [-0.4, -0.2) is 31.6 Å². The predicted molar refractivity (Wildman–Crippen MR) is 118 cm³/mol. The van der Waals surface area contributed by atoms with Gasteiger partial charge in [-0.2, -0.15) is 0 Å². The van der Waals surface area contributed by atoms with Gasteiger partial charge in [0.05, 0.1) is 4.90 Å². The third kappa shape index (κ3) is 5.33. The lowest BCUT2D eigenvalue weighted by Crippen LogP contribution is -2.23. The molecule has 0 spiro atoms. The van der Waals surface area contributed by atoms with E-state index in [0.717, 1.165) is 23.9 Å². The third-order valence-electron chi connectivity index (χ3n) is 4.87. The number of aromatic nitrogens is 2. The van der Waals surface area contributed by atoms with Gasteiger partial charge in [-0.15, -0.1) is 10.2 Å². The Hall–Kier alpha value is -2.69. The van der Waals surface area contributed by atoms with Crippen molar-refractivity contribution in [1.82, 2.24) is 14.9 Å². The number of halogens is 1.